The van der Waals surface area contributed by atoms with Crippen molar-refractivity contribution in [3.05, 3.63) is 24.3 Å². The van der Waals surface area contributed by atoms with E-state index in [2.05, 4.69) is 50.0 Å². The Morgan fingerprint density at radius 1 is 0.448 bits per heavy atom. The molecule has 67 heavy (non-hydrogen) atoms. The van der Waals surface area contributed by atoms with Crippen LogP contribution >= 0.6 is 0 Å². The minimum absolute atomic E-state index is 0.0194. The number of unbranched alkanes of at least 4 members (excludes halogenated alkanes) is 22. The second kappa shape index (κ2) is 48.0. The Morgan fingerprint density at radius 3 is 1.45 bits per heavy atom. The maximum Gasteiger partial charge on any atom is 0.508 e. The molecular weight excluding hydrogens is 847 g/mol. The molecule has 0 bridgehead atoms. The van der Waals surface area contributed by atoms with Crippen LogP contribution in [0.5, 0.6) is 0 Å². The highest BCUT2D eigenvalue weighted by molar-refractivity contribution is 5.69. The molecule has 0 aromatic rings. The number of allylic oxidation sites excluding steroid dienone is 4. The van der Waals surface area contributed by atoms with Crippen molar-refractivity contribution < 1.29 is 47.6 Å². The van der Waals surface area contributed by atoms with Gasteiger partial charge in [-0.05, 0) is 109 Å². The van der Waals surface area contributed by atoms with Crippen molar-refractivity contribution >= 4 is 24.2 Å². The molecule has 0 N–H and O–H groups in total. The lowest BCUT2D eigenvalue weighted by atomic mass is 10.0. The zero-order valence-corrected chi connectivity index (χ0v) is 43.4. The summed E-state index contributed by atoms with van der Waals surface area (Å²) in [4.78, 5) is 52.6. The molecule has 11 heteroatoms. The lowest BCUT2D eigenvalue weighted by Gasteiger charge is -2.18. The highest BCUT2D eigenvalue weighted by atomic mass is 16.7. The van der Waals surface area contributed by atoms with Crippen LogP contribution in [0.25, 0.3) is 0 Å². The lowest BCUT2D eigenvalue weighted by molar-refractivity contribution is -0.150. The number of carbonyl (C=O) groups is 4. The van der Waals surface area contributed by atoms with Gasteiger partial charge in [0.25, 0.3) is 0 Å². The standard InChI is InChI=1S/C56H101NO10/c1-4-7-10-13-16-17-18-19-20-21-22-23-24-25-30-37-46-62-55(60)65-49-51(50-66-56(61)63-47-38-45-57-43-35-36-44-57)48-64-53(58)41-33-28-29-34-42-54(59)67-52(39-31-26-14-11-8-5-2)40-32-27-15-12-9-6-3/h16-17,19-20,51-52H,4-15,18,21-50H2,1-3H3/b17-16-,20-19-. The van der Waals surface area contributed by atoms with Gasteiger partial charge in [0.05, 0.1) is 19.1 Å². The van der Waals surface area contributed by atoms with Gasteiger partial charge in [-0.2, -0.15) is 0 Å². The Kier molecular flexibility index (Phi) is 44.3. The minimum Gasteiger partial charge on any atom is -0.465 e. The topological polar surface area (TPSA) is 127 Å². The van der Waals surface area contributed by atoms with Crippen LogP contribution in [0.15, 0.2) is 24.3 Å². The van der Waals surface area contributed by atoms with Gasteiger partial charge in [-0.25, -0.2) is 9.59 Å². The van der Waals surface area contributed by atoms with E-state index in [1.54, 1.807) is 0 Å². The van der Waals surface area contributed by atoms with Crippen LogP contribution in [-0.4, -0.2) is 87.9 Å². The summed E-state index contributed by atoms with van der Waals surface area (Å²) in [6, 6.07) is 0. The molecule has 1 aliphatic heterocycles. The summed E-state index contributed by atoms with van der Waals surface area (Å²) in [5.74, 6) is -1.06. The van der Waals surface area contributed by atoms with Gasteiger partial charge in [-0.15, -0.1) is 0 Å². The van der Waals surface area contributed by atoms with Gasteiger partial charge < -0.3 is 33.3 Å². The van der Waals surface area contributed by atoms with E-state index in [1.807, 2.05) is 0 Å². The molecule has 0 radical (unpaired) electrons. The molecule has 1 saturated heterocycles. The summed E-state index contributed by atoms with van der Waals surface area (Å²) in [6.07, 6.45) is 44.5. The number of rotatable bonds is 47. The first-order valence-electron chi connectivity index (χ1n) is 27.8. The molecule has 1 fully saturated rings. The molecule has 0 aromatic carbocycles. The van der Waals surface area contributed by atoms with Crippen molar-refractivity contribution in [2.24, 2.45) is 5.92 Å². The monoisotopic (exact) mass is 948 g/mol. The van der Waals surface area contributed by atoms with Gasteiger partial charge in [0.2, 0.25) is 0 Å². The molecule has 1 atom stereocenters. The number of hydrogen-bond acceptors (Lipinski definition) is 11. The fraction of sp³-hybridized carbons (Fsp3) is 0.857. The van der Waals surface area contributed by atoms with Gasteiger partial charge in [-0.1, -0.05) is 161 Å². The SMILES string of the molecule is CCCCC/C=C\C/C=C\CCCCCCCCOC(=O)OCC(COC(=O)CCCCCCC(=O)OC(CCCCCCCC)CCCCCCCC)COC(=O)OCCCN1CCCC1. The summed E-state index contributed by atoms with van der Waals surface area (Å²) in [7, 11) is 0. The van der Waals surface area contributed by atoms with E-state index in [-0.39, 0.29) is 57.5 Å². The predicted octanol–water partition coefficient (Wildman–Crippen LogP) is 15.5. The van der Waals surface area contributed by atoms with E-state index in [4.69, 9.17) is 28.4 Å². The summed E-state index contributed by atoms with van der Waals surface area (Å²) in [5, 5.41) is 0. The second-order valence-electron chi connectivity index (χ2n) is 19.0. The van der Waals surface area contributed by atoms with E-state index in [0.29, 0.717) is 12.8 Å². The van der Waals surface area contributed by atoms with Crippen molar-refractivity contribution in [1.29, 1.82) is 0 Å². The van der Waals surface area contributed by atoms with Crippen molar-refractivity contribution in [3.8, 4) is 0 Å². The van der Waals surface area contributed by atoms with E-state index >= 15 is 0 Å². The van der Waals surface area contributed by atoms with Gasteiger partial charge in [-0.3, -0.25) is 9.59 Å². The number of esters is 2. The third-order valence-electron chi connectivity index (χ3n) is 12.5. The molecule has 390 valence electrons. The minimum atomic E-state index is -0.798. The molecule has 0 saturated carbocycles. The predicted molar refractivity (Wildman–Crippen MR) is 272 cm³/mol. The molecule has 1 aliphatic rings. The highest BCUT2D eigenvalue weighted by Gasteiger charge is 2.20. The van der Waals surface area contributed by atoms with Crippen LogP contribution in [0.2, 0.25) is 0 Å². The molecule has 0 aromatic heterocycles. The Bertz CT molecular complexity index is 1200. The van der Waals surface area contributed by atoms with Crippen LogP contribution in [0, 0.1) is 5.92 Å². The van der Waals surface area contributed by atoms with Gasteiger partial charge in [0, 0.05) is 19.4 Å². The zero-order valence-electron chi connectivity index (χ0n) is 43.4. The van der Waals surface area contributed by atoms with Crippen molar-refractivity contribution in [2.45, 2.75) is 252 Å². The van der Waals surface area contributed by atoms with E-state index in [0.717, 1.165) is 110 Å². The molecule has 1 unspecified atom stereocenters. The average molecular weight is 948 g/mol. The third-order valence-corrected chi connectivity index (χ3v) is 12.5. The molecule has 1 rings (SSSR count). The number of hydrogen-bond donors (Lipinski definition) is 0. The summed E-state index contributed by atoms with van der Waals surface area (Å²) < 4.78 is 32.8. The van der Waals surface area contributed by atoms with Gasteiger partial charge in [0.15, 0.2) is 0 Å². The lowest BCUT2D eigenvalue weighted by Crippen LogP contribution is -2.27. The molecular formula is C56H101NO10. The molecule has 11 nitrogen and oxygen atoms in total. The van der Waals surface area contributed by atoms with Gasteiger partial charge in [0.1, 0.15) is 25.9 Å². The quantitative estimate of drug-likeness (QED) is 0.0250. The first-order valence-corrected chi connectivity index (χ1v) is 27.8. The second-order valence-corrected chi connectivity index (χ2v) is 19.0. The summed E-state index contributed by atoms with van der Waals surface area (Å²) in [6.45, 7) is 9.93. The van der Waals surface area contributed by atoms with Crippen LogP contribution in [0.4, 0.5) is 9.59 Å². The largest absolute Gasteiger partial charge is 0.508 e. The molecule has 0 amide bonds. The molecule has 1 heterocycles. The third kappa shape index (κ3) is 42.7. The molecule has 0 aliphatic carbocycles. The van der Waals surface area contributed by atoms with Crippen molar-refractivity contribution in [2.75, 3.05) is 52.7 Å². The first-order chi connectivity index (χ1) is 32.9. The number of nitrogens with zero attached hydrogens (tertiary/aromatic N) is 1. The van der Waals surface area contributed by atoms with Crippen LogP contribution in [0.3, 0.4) is 0 Å². The van der Waals surface area contributed by atoms with Crippen LogP contribution in [-0.2, 0) is 38.0 Å². The van der Waals surface area contributed by atoms with E-state index in [1.165, 1.54) is 116 Å². The van der Waals surface area contributed by atoms with Crippen LogP contribution < -0.4 is 0 Å². The van der Waals surface area contributed by atoms with E-state index < -0.39 is 18.2 Å². The van der Waals surface area contributed by atoms with Crippen molar-refractivity contribution in [3.63, 3.8) is 0 Å². The Hall–Kier alpha value is -3.08. The smallest absolute Gasteiger partial charge is 0.465 e. The fourth-order valence-electron chi connectivity index (χ4n) is 8.28. The number of likely N-dealkylation sites (tertiary alicyclic amines) is 1. The van der Waals surface area contributed by atoms with E-state index in [9.17, 15) is 19.2 Å². The maximum atomic E-state index is 12.8. The Morgan fingerprint density at radius 2 is 0.881 bits per heavy atom. The normalized spacial score (nSPS) is 13.4. The zero-order chi connectivity index (χ0) is 48.5. The average Bonchev–Trinajstić information content (AvgIpc) is 3.85. The number of ether oxygens (including phenoxy) is 6. The fourth-order valence-corrected chi connectivity index (χ4v) is 8.28. The van der Waals surface area contributed by atoms with Gasteiger partial charge >= 0.3 is 24.2 Å². The first kappa shape index (κ1) is 61.9. The summed E-state index contributed by atoms with van der Waals surface area (Å²) >= 11 is 0. The van der Waals surface area contributed by atoms with Crippen molar-refractivity contribution in [1.82, 2.24) is 4.90 Å². The highest BCUT2D eigenvalue weighted by Crippen LogP contribution is 2.19. The maximum absolute atomic E-state index is 12.8. The molecule has 0 spiro atoms. The van der Waals surface area contributed by atoms with Crippen LogP contribution in [0.1, 0.15) is 245 Å². The Balaban J connectivity index is 2.36. The Labute approximate surface area is 410 Å². The summed E-state index contributed by atoms with van der Waals surface area (Å²) in [5.41, 5.74) is 0. The number of carbonyl (C=O) groups excluding carboxylic acids is 4.